The zero-order chi connectivity index (χ0) is 19.8. The van der Waals surface area contributed by atoms with Gasteiger partial charge in [0.25, 0.3) is 0 Å². The molecule has 29 heavy (non-hydrogen) atoms. The van der Waals surface area contributed by atoms with E-state index in [0.29, 0.717) is 24.0 Å². The van der Waals surface area contributed by atoms with Crippen LogP contribution in [0, 0.1) is 11.7 Å². The van der Waals surface area contributed by atoms with Crippen LogP contribution in [0.4, 0.5) is 9.52 Å². The molecule has 2 aliphatic heterocycles. The highest BCUT2D eigenvalue weighted by Crippen LogP contribution is 2.34. The number of benzene rings is 2. The van der Waals surface area contributed by atoms with E-state index in [4.69, 9.17) is 14.5 Å². The Morgan fingerprint density at radius 2 is 2.00 bits per heavy atom. The fraction of sp³-hybridized carbons (Fsp3) is 0.409. The highest BCUT2D eigenvalue weighted by molar-refractivity contribution is 7.22. The highest BCUT2D eigenvalue weighted by Gasteiger charge is 2.28. The van der Waals surface area contributed by atoms with Gasteiger partial charge in [0.1, 0.15) is 12.4 Å². The molecule has 1 atom stereocenters. The first kappa shape index (κ1) is 18.6. The van der Waals surface area contributed by atoms with Crippen molar-refractivity contribution in [3.8, 4) is 11.5 Å². The smallest absolute Gasteiger partial charge is 0.186 e. The van der Waals surface area contributed by atoms with Gasteiger partial charge in [-0.15, -0.1) is 0 Å². The van der Waals surface area contributed by atoms with Gasteiger partial charge in [0.05, 0.1) is 10.2 Å². The Balaban J connectivity index is 1.16. The Hall–Kier alpha value is -2.38. The molecule has 1 saturated heterocycles. The van der Waals surface area contributed by atoms with Crippen molar-refractivity contribution in [2.75, 3.05) is 38.2 Å². The predicted octanol–water partition coefficient (Wildman–Crippen LogP) is 4.38. The van der Waals surface area contributed by atoms with Crippen molar-refractivity contribution in [3.05, 3.63) is 48.3 Å². The van der Waals surface area contributed by atoms with Crippen molar-refractivity contribution in [2.24, 2.45) is 5.92 Å². The highest BCUT2D eigenvalue weighted by atomic mass is 32.1. The number of hydrogen-bond acceptors (Lipinski definition) is 6. The zero-order valence-corrected chi connectivity index (χ0v) is 17.2. The number of anilines is 1. The normalized spacial score (nSPS) is 19.8. The molecule has 0 N–H and O–H groups in total. The van der Waals surface area contributed by atoms with Gasteiger partial charge in [-0.05, 0) is 50.1 Å². The van der Waals surface area contributed by atoms with Gasteiger partial charge in [0.15, 0.2) is 22.9 Å². The maximum atomic E-state index is 13.3. The second-order valence-corrected chi connectivity index (χ2v) is 8.82. The summed E-state index contributed by atoms with van der Waals surface area (Å²) in [7, 11) is 2.07. The van der Waals surface area contributed by atoms with E-state index < -0.39 is 0 Å². The molecule has 7 heteroatoms. The van der Waals surface area contributed by atoms with Crippen molar-refractivity contribution >= 4 is 26.7 Å². The van der Waals surface area contributed by atoms with E-state index >= 15 is 0 Å². The number of ether oxygens (including phenoxy) is 2. The number of halogens is 1. The lowest BCUT2D eigenvalue weighted by atomic mass is 9.96. The van der Waals surface area contributed by atoms with Crippen LogP contribution in [-0.4, -0.2) is 49.4 Å². The summed E-state index contributed by atoms with van der Waals surface area (Å²) in [4.78, 5) is 9.42. The first-order valence-electron chi connectivity index (χ1n) is 10.1. The number of aromatic nitrogens is 1. The third-order valence-electron chi connectivity index (χ3n) is 5.76. The van der Waals surface area contributed by atoms with E-state index in [0.717, 1.165) is 43.1 Å². The monoisotopic (exact) mass is 413 g/mol. The maximum Gasteiger partial charge on any atom is 0.186 e. The molecule has 2 aliphatic rings. The first-order chi connectivity index (χ1) is 14.2. The quantitative estimate of drug-likeness (QED) is 0.635. The number of piperidine rings is 1. The Bertz CT molecular complexity index is 970. The third-order valence-corrected chi connectivity index (χ3v) is 6.85. The Kier molecular flexibility index (Phi) is 5.01. The van der Waals surface area contributed by atoms with E-state index in [1.54, 1.807) is 17.4 Å². The number of para-hydroxylation sites is 1. The Morgan fingerprint density at radius 1 is 1.17 bits per heavy atom. The summed E-state index contributed by atoms with van der Waals surface area (Å²) in [5, 5.41) is 1.13. The zero-order valence-electron chi connectivity index (χ0n) is 16.4. The SMILES string of the molecule is CN(CC1CCN(c2nc3ccccc3s2)CC1)C1COc2cc(F)ccc2O1. The summed E-state index contributed by atoms with van der Waals surface area (Å²) in [6, 6.07) is 12.7. The molecule has 0 radical (unpaired) electrons. The van der Waals surface area contributed by atoms with Gasteiger partial charge < -0.3 is 14.4 Å². The lowest BCUT2D eigenvalue weighted by Gasteiger charge is -2.37. The minimum Gasteiger partial charge on any atom is -0.484 e. The number of likely N-dealkylation sites (N-methyl/N-ethyl adjacent to an activating group) is 1. The van der Waals surface area contributed by atoms with Crippen molar-refractivity contribution in [3.63, 3.8) is 0 Å². The van der Waals surface area contributed by atoms with Crippen LogP contribution >= 0.6 is 11.3 Å². The van der Waals surface area contributed by atoms with E-state index in [9.17, 15) is 4.39 Å². The van der Waals surface area contributed by atoms with Gasteiger partial charge in [0, 0.05) is 25.7 Å². The predicted molar refractivity (Wildman–Crippen MR) is 113 cm³/mol. The molecule has 152 valence electrons. The Labute approximate surface area is 173 Å². The topological polar surface area (TPSA) is 37.8 Å². The molecule has 3 aromatic rings. The van der Waals surface area contributed by atoms with Crippen LogP contribution in [0.5, 0.6) is 11.5 Å². The molecule has 5 nitrogen and oxygen atoms in total. The van der Waals surface area contributed by atoms with Crippen molar-refractivity contribution in [1.29, 1.82) is 0 Å². The summed E-state index contributed by atoms with van der Waals surface area (Å²) >= 11 is 1.78. The number of rotatable bonds is 4. The molecular weight excluding hydrogens is 389 g/mol. The average molecular weight is 414 g/mol. The molecule has 1 aromatic heterocycles. The summed E-state index contributed by atoms with van der Waals surface area (Å²) < 4.78 is 26.3. The molecule has 5 rings (SSSR count). The summed E-state index contributed by atoms with van der Waals surface area (Å²) in [5.74, 6) is 1.40. The minimum atomic E-state index is -0.306. The fourth-order valence-corrected chi connectivity index (χ4v) is 5.10. The molecule has 1 fully saturated rings. The van der Waals surface area contributed by atoms with E-state index in [-0.39, 0.29) is 12.0 Å². The van der Waals surface area contributed by atoms with Crippen LogP contribution < -0.4 is 14.4 Å². The summed E-state index contributed by atoms with van der Waals surface area (Å²) in [6.07, 6.45) is 2.13. The van der Waals surface area contributed by atoms with E-state index in [1.165, 1.54) is 16.8 Å². The first-order valence-corrected chi connectivity index (χ1v) is 10.9. The minimum absolute atomic E-state index is 0.143. The Morgan fingerprint density at radius 3 is 2.83 bits per heavy atom. The summed E-state index contributed by atoms with van der Waals surface area (Å²) in [5.41, 5.74) is 1.09. The van der Waals surface area contributed by atoms with Gasteiger partial charge in [-0.2, -0.15) is 0 Å². The molecule has 2 aromatic carbocycles. The lowest BCUT2D eigenvalue weighted by Crippen LogP contribution is -2.46. The van der Waals surface area contributed by atoms with Crippen LogP contribution in [0.2, 0.25) is 0 Å². The van der Waals surface area contributed by atoms with Gasteiger partial charge >= 0.3 is 0 Å². The van der Waals surface area contributed by atoms with Crippen LogP contribution in [0.3, 0.4) is 0 Å². The molecule has 0 bridgehead atoms. The van der Waals surface area contributed by atoms with Gasteiger partial charge in [-0.1, -0.05) is 23.5 Å². The van der Waals surface area contributed by atoms with Crippen LogP contribution in [0.1, 0.15) is 12.8 Å². The lowest BCUT2D eigenvalue weighted by molar-refractivity contribution is -0.0234. The second kappa shape index (κ2) is 7.80. The van der Waals surface area contributed by atoms with Gasteiger partial charge in [-0.25, -0.2) is 9.37 Å². The van der Waals surface area contributed by atoms with Gasteiger partial charge in [-0.3, -0.25) is 4.90 Å². The molecule has 0 amide bonds. The molecule has 1 unspecified atom stereocenters. The third kappa shape index (κ3) is 3.89. The fourth-order valence-electron chi connectivity index (χ4n) is 4.08. The second-order valence-electron chi connectivity index (χ2n) is 7.81. The maximum absolute atomic E-state index is 13.3. The molecule has 0 saturated carbocycles. The van der Waals surface area contributed by atoms with E-state index in [1.807, 2.05) is 6.07 Å². The van der Waals surface area contributed by atoms with Crippen molar-refractivity contribution in [2.45, 2.75) is 19.1 Å². The summed E-state index contributed by atoms with van der Waals surface area (Å²) in [6.45, 7) is 3.43. The number of nitrogens with zero attached hydrogens (tertiary/aromatic N) is 3. The van der Waals surface area contributed by atoms with Crippen LogP contribution in [0.25, 0.3) is 10.2 Å². The van der Waals surface area contributed by atoms with Crippen LogP contribution in [0.15, 0.2) is 42.5 Å². The standard InChI is InChI=1S/C22H24FN3O2S/c1-25(21-14-27-19-12-16(23)6-7-18(19)28-21)13-15-8-10-26(11-9-15)22-24-17-4-2-3-5-20(17)29-22/h2-7,12,15,21H,8-11,13-14H2,1H3. The molecule has 3 heterocycles. The number of hydrogen-bond donors (Lipinski definition) is 0. The van der Waals surface area contributed by atoms with E-state index in [2.05, 4.69) is 35.0 Å². The number of fused-ring (bicyclic) bond motifs is 2. The molecular formula is C22H24FN3O2S. The average Bonchev–Trinajstić information content (AvgIpc) is 3.18. The molecule has 0 spiro atoms. The van der Waals surface area contributed by atoms with Crippen molar-refractivity contribution < 1.29 is 13.9 Å². The van der Waals surface area contributed by atoms with Gasteiger partial charge in [0.2, 0.25) is 0 Å². The largest absolute Gasteiger partial charge is 0.484 e. The van der Waals surface area contributed by atoms with Crippen LogP contribution in [-0.2, 0) is 0 Å². The van der Waals surface area contributed by atoms with Crippen molar-refractivity contribution in [1.82, 2.24) is 9.88 Å². The molecule has 0 aliphatic carbocycles. The number of thiazole rings is 1.